The third-order valence-electron chi connectivity index (χ3n) is 9.39. The van der Waals surface area contributed by atoms with Gasteiger partial charge in [-0.2, -0.15) is 0 Å². The summed E-state index contributed by atoms with van der Waals surface area (Å²) in [6.45, 7) is 6.68. The molecule has 4 N–H and O–H groups in total. The van der Waals surface area contributed by atoms with E-state index in [0.29, 0.717) is 36.0 Å². The van der Waals surface area contributed by atoms with Crippen LogP contribution in [0.2, 0.25) is 0 Å². The molecule has 5 amide bonds. The van der Waals surface area contributed by atoms with Crippen LogP contribution in [0.15, 0.2) is 42.5 Å². The van der Waals surface area contributed by atoms with E-state index >= 15 is 0 Å². The number of rotatable bonds is 8. The van der Waals surface area contributed by atoms with Crippen molar-refractivity contribution in [2.24, 2.45) is 5.92 Å². The fourth-order valence-electron chi connectivity index (χ4n) is 6.32. The van der Waals surface area contributed by atoms with Crippen molar-refractivity contribution in [3.05, 3.63) is 48.0 Å². The van der Waals surface area contributed by atoms with Gasteiger partial charge in [0.05, 0.1) is 37.5 Å². The summed E-state index contributed by atoms with van der Waals surface area (Å²) in [5.41, 5.74) is 1.27. The lowest BCUT2D eigenvalue weighted by atomic mass is 9.96. The molecular weight excluding hydrogens is 626 g/mol. The van der Waals surface area contributed by atoms with Crippen LogP contribution in [0.25, 0.3) is 0 Å². The van der Waals surface area contributed by atoms with E-state index in [1.807, 2.05) is 13.8 Å². The number of urea groups is 2. The van der Waals surface area contributed by atoms with Crippen LogP contribution in [0.4, 0.5) is 21.0 Å². The fraction of sp³-hybridized carbons (Fsp3) is 0.595. The number of likely N-dealkylation sites (N-methyl/N-ethyl adjacent to an activating group) is 1. The molecule has 4 atom stereocenters. The highest BCUT2D eigenvalue weighted by atomic mass is 16.5. The molecule has 1 aliphatic heterocycles. The molecule has 0 saturated heterocycles. The minimum Gasteiger partial charge on any atom is -0.497 e. The molecule has 2 aliphatic rings. The van der Waals surface area contributed by atoms with E-state index in [1.54, 1.807) is 73.3 Å². The number of carbonyl (C=O) groups excluding carboxylic acids is 3. The number of hydrogen-bond acceptors (Lipinski definition) is 7. The Hall–Kier alpha value is -4.03. The Morgan fingerprint density at radius 2 is 1.67 bits per heavy atom. The fourth-order valence-corrected chi connectivity index (χ4v) is 6.32. The number of aliphatic hydroxyl groups excluding tert-OH is 1. The maximum Gasteiger partial charge on any atom is 0.323 e. The number of anilines is 2. The predicted octanol–water partition coefficient (Wildman–Crippen LogP) is 6.11. The van der Waals surface area contributed by atoms with Crippen molar-refractivity contribution in [3.8, 4) is 11.5 Å². The second kappa shape index (κ2) is 18.7. The molecule has 0 spiro atoms. The van der Waals surface area contributed by atoms with E-state index in [1.165, 1.54) is 6.42 Å². The normalized spacial score (nSPS) is 21.7. The minimum atomic E-state index is -0.518. The van der Waals surface area contributed by atoms with Gasteiger partial charge in [-0.1, -0.05) is 26.2 Å². The number of ether oxygens (including phenoxy) is 3. The highest BCUT2D eigenvalue weighted by Gasteiger charge is 2.31. The van der Waals surface area contributed by atoms with Crippen molar-refractivity contribution < 1.29 is 33.7 Å². The zero-order valence-corrected chi connectivity index (χ0v) is 29.7. The van der Waals surface area contributed by atoms with Gasteiger partial charge in [0.2, 0.25) is 0 Å². The van der Waals surface area contributed by atoms with Gasteiger partial charge in [0.1, 0.15) is 11.5 Å². The SMILES string of the molecule is COc1ccc(NC(=O)Nc2ccc3c(c2)C(=O)N([C@@H](C)CO)C[C@H](C)[C@H](CN(C)C(=O)NC2CCCCC2)OCCCC[C@H](C)O3)cc1. The molecule has 2 aromatic rings. The number of aliphatic hydroxyl groups is 1. The Morgan fingerprint density at radius 3 is 2.37 bits per heavy atom. The first-order valence-corrected chi connectivity index (χ1v) is 17.7. The monoisotopic (exact) mass is 681 g/mol. The second-order valence-electron chi connectivity index (χ2n) is 13.5. The van der Waals surface area contributed by atoms with E-state index in [0.717, 1.165) is 44.9 Å². The largest absolute Gasteiger partial charge is 0.497 e. The molecule has 12 heteroatoms. The van der Waals surface area contributed by atoms with E-state index in [9.17, 15) is 19.5 Å². The summed E-state index contributed by atoms with van der Waals surface area (Å²) in [6.07, 6.45) is 7.39. The van der Waals surface area contributed by atoms with Crippen LogP contribution in [0, 0.1) is 5.92 Å². The van der Waals surface area contributed by atoms with E-state index < -0.39 is 12.1 Å². The molecule has 0 aromatic heterocycles. The third-order valence-corrected chi connectivity index (χ3v) is 9.39. The lowest BCUT2D eigenvalue weighted by molar-refractivity contribution is -0.0123. The highest BCUT2D eigenvalue weighted by molar-refractivity contribution is 6.02. The van der Waals surface area contributed by atoms with Crippen molar-refractivity contribution >= 4 is 29.3 Å². The van der Waals surface area contributed by atoms with Crippen molar-refractivity contribution in [1.29, 1.82) is 0 Å². The highest BCUT2D eigenvalue weighted by Crippen LogP contribution is 2.29. The van der Waals surface area contributed by atoms with Crippen LogP contribution in [0.1, 0.15) is 82.5 Å². The molecule has 2 aromatic carbocycles. The van der Waals surface area contributed by atoms with E-state index in [4.69, 9.17) is 14.2 Å². The van der Waals surface area contributed by atoms with Gasteiger partial charge in [0, 0.05) is 50.1 Å². The maximum atomic E-state index is 14.4. The number of hydrogen-bond donors (Lipinski definition) is 4. The Bertz CT molecular complexity index is 1370. The van der Waals surface area contributed by atoms with Crippen LogP contribution >= 0.6 is 0 Å². The molecule has 270 valence electrons. The number of carbonyl (C=O) groups is 3. The molecular formula is C37H55N5O7. The number of nitrogens with one attached hydrogen (secondary N) is 3. The molecule has 0 bridgehead atoms. The Balaban J connectivity index is 1.55. The number of nitrogens with zero attached hydrogens (tertiary/aromatic N) is 2. The van der Waals surface area contributed by atoms with E-state index in [2.05, 4.69) is 16.0 Å². The average molecular weight is 682 g/mol. The molecule has 1 heterocycles. The van der Waals surface area contributed by atoms with Gasteiger partial charge in [0.15, 0.2) is 0 Å². The van der Waals surface area contributed by atoms with Gasteiger partial charge >= 0.3 is 12.1 Å². The maximum absolute atomic E-state index is 14.4. The van der Waals surface area contributed by atoms with Crippen LogP contribution in [-0.4, -0.2) is 97.6 Å². The van der Waals surface area contributed by atoms with Crippen LogP contribution in [-0.2, 0) is 4.74 Å². The summed E-state index contributed by atoms with van der Waals surface area (Å²) in [4.78, 5) is 43.7. The number of fused-ring (bicyclic) bond motifs is 1. The van der Waals surface area contributed by atoms with Gasteiger partial charge in [-0.25, -0.2) is 9.59 Å². The summed E-state index contributed by atoms with van der Waals surface area (Å²) in [5, 5.41) is 19.0. The summed E-state index contributed by atoms with van der Waals surface area (Å²) in [5.74, 6) is 0.566. The molecule has 1 fully saturated rings. The van der Waals surface area contributed by atoms with Gasteiger partial charge in [-0.05, 0) is 88.4 Å². The Labute approximate surface area is 290 Å². The van der Waals surface area contributed by atoms with Crippen molar-refractivity contribution in [2.75, 3.05) is 51.1 Å². The standard InChI is InChI=1S/C37H55N5O7/c1-25-22-42(26(2)24-43)35(44)32-21-30(39-36(45)38-29-14-17-31(47-5)18-15-29)16-19-33(32)49-27(3)11-9-10-20-48-34(25)23-41(4)37(46)40-28-12-7-6-8-13-28/h14-19,21,25-28,34,43H,6-13,20,22-24H2,1-5H3,(H,40,46)(H2,38,39,45)/t25-,26-,27-,34-/m0/s1. The number of amides is 5. The molecule has 1 aliphatic carbocycles. The first-order valence-electron chi connectivity index (χ1n) is 17.7. The smallest absolute Gasteiger partial charge is 0.323 e. The zero-order valence-electron chi connectivity index (χ0n) is 29.7. The quantitative estimate of drug-likeness (QED) is 0.264. The predicted molar refractivity (Wildman–Crippen MR) is 191 cm³/mol. The zero-order chi connectivity index (χ0) is 35.3. The molecule has 4 rings (SSSR count). The Morgan fingerprint density at radius 1 is 1.00 bits per heavy atom. The first-order chi connectivity index (χ1) is 23.6. The van der Waals surface area contributed by atoms with Gasteiger partial charge in [-0.15, -0.1) is 0 Å². The van der Waals surface area contributed by atoms with Gasteiger partial charge < -0.3 is 45.1 Å². The molecule has 12 nitrogen and oxygen atoms in total. The van der Waals surface area contributed by atoms with Crippen LogP contribution < -0.4 is 25.4 Å². The second-order valence-corrected chi connectivity index (χ2v) is 13.5. The van der Waals surface area contributed by atoms with Crippen molar-refractivity contribution in [1.82, 2.24) is 15.1 Å². The van der Waals surface area contributed by atoms with Crippen LogP contribution in [0.3, 0.4) is 0 Å². The molecule has 0 unspecified atom stereocenters. The lowest BCUT2D eigenvalue weighted by Gasteiger charge is -2.36. The Kier molecular flexibility index (Phi) is 14.4. The first kappa shape index (κ1) is 37.8. The van der Waals surface area contributed by atoms with Crippen molar-refractivity contribution in [2.45, 2.75) is 96.4 Å². The van der Waals surface area contributed by atoms with E-state index in [-0.39, 0.29) is 54.8 Å². The average Bonchev–Trinajstić information content (AvgIpc) is 3.10. The summed E-state index contributed by atoms with van der Waals surface area (Å²) < 4.78 is 17.9. The van der Waals surface area contributed by atoms with Crippen LogP contribution in [0.5, 0.6) is 11.5 Å². The van der Waals surface area contributed by atoms with Crippen molar-refractivity contribution in [3.63, 3.8) is 0 Å². The molecule has 49 heavy (non-hydrogen) atoms. The topological polar surface area (TPSA) is 142 Å². The number of methoxy groups -OCH3 is 1. The lowest BCUT2D eigenvalue weighted by Crippen LogP contribution is -2.50. The number of benzene rings is 2. The minimum absolute atomic E-state index is 0.116. The molecule has 1 saturated carbocycles. The summed E-state index contributed by atoms with van der Waals surface area (Å²) >= 11 is 0. The molecule has 0 radical (unpaired) electrons. The van der Waals surface area contributed by atoms with Gasteiger partial charge in [-0.3, -0.25) is 4.79 Å². The summed E-state index contributed by atoms with van der Waals surface area (Å²) in [6, 6.07) is 11.1. The van der Waals surface area contributed by atoms with Gasteiger partial charge in [0.25, 0.3) is 5.91 Å². The summed E-state index contributed by atoms with van der Waals surface area (Å²) in [7, 11) is 3.36. The third kappa shape index (κ3) is 11.3.